The van der Waals surface area contributed by atoms with Crippen LogP contribution in [-0.4, -0.2) is 23.6 Å². The van der Waals surface area contributed by atoms with E-state index in [9.17, 15) is 14.4 Å². The van der Waals surface area contributed by atoms with E-state index in [1.165, 1.54) is 0 Å². The van der Waals surface area contributed by atoms with Crippen molar-refractivity contribution in [1.29, 1.82) is 0 Å². The Morgan fingerprint density at radius 2 is 1.53 bits per heavy atom. The quantitative estimate of drug-likeness (QED) is 0.241. The number of ketones is 1. The van der Waals surface area contributed by atoms with Crippen LogP contribution in [0.4, 0.5) is 11.4 Å². The zero-order valence-corrected chi connectivity index (χ0v) is 18.1. The number of Topliss-reactive ketones (excluding diaryl/α,β-unsaturated/α-hetero) is 1. The lowest BCUT2D eigenvalue weighted by Crippen LogP contribution is -2.38. The van der Waals surface area contributed by atoms with Crippen molar-refractivity contribution in [1.82, 2.24) is 16.2 Å². The van der Waals surface area contributed by atoms with Crippen LogP contribution in [0.2, 0.25) is 0 Å². The number of hydrogen-bond donors (Lipinski definition) is 5. The Kier molecular flexibility index (Phi) is 6.73. The van der Waals surface area contributed by atoms with Crippen LogP contribution in [0, 0.1) is 6.92 Å². The number of benzene rings is 2. The number of rotatable bonds is 7. The smallest absolute Gasteiger partial charge is 0.257 e. The van der Waals surface area contributed by atoms with Crippen molar-refractivity contribution in [3.63, 3.8) is 0 Å². The average molecular weight is 472 g/mol. The SMILES string of the molecule is CC(NNc1ccc(C)cc1)=C1C(=O)NC(CC(=O)NNc2ccc(Br)cc2)C1=O. The third kappa shape index (κ3) is 5.38. The van der Waals surface area contributed by atoms with E-state index in [1.54, 1.807) is 19.1 Å². The molecule has 1 heterocycles. The molecule has 0 aromatic heterocycles. The molecular weight excluding hydrogens is 450 g/mol. The van der Waals surface area contributed by atoms with Crippen molar-refractivity contribution in [3.8, 4) is 0 Å². The zero-order valence-electron chi connectivity index (χ0n) is 16.5. The first-order valence-corrected chi connectivity index (χ1v) is 10.1. The molecule has 30 heavy (non-hydrogen) atoms. The number of amides is 2. The van der Waals surface area contributed by atoms with E-state index < -0.39 is 23.6 Å². The van der Waals surface area contributed by atoms with Crippen LogP contribution in [0.15, 0.2) is 64.3 Å². The molecular formula is C21H22BrN5O3. The van der Waals surface area contributed by atoms with Gasteiger partial charge in [0.2, 0.25) is 5.91 Å². The van der Waals surface area contributed by atoms with Gasteiger partial charge in [-0.2, -0.15) is 0 Å². The number of carbonyl (C=O) groups excluding carboxylic acids is 3. The molecule has 9 heteroatoms. The maximum atomic E-state index is 12.6. The van der Waals surface area contributed by atoms with Crippen molar-refractivity contribution < 1.29 is 14.4 Å². The molecule has 1 saturated heterocycles. The molecule has 2 aromatic carbocycles. The minimum Gasteiger partial charge on any atom is -0.341 e. The summed E-state index contributed by atoms with van der Waals surface area (Å²) in [5.41, 5.74) is 14.1. The highest BCUT2D eigenvalue weighted by Crippen LogP contribution is 2.17. The van der Waals surface area contributed by atoms with Gasteiger partial charge in [-0.25, -0.2) is 0 Å². The van der Waals surface area contributed by atoms with Gasteiger partial charge in [0.1, 0.15) is 11.6 Å². The first-order valence-electron chi connectivity index (χ1n) is 9.28. The van der Waals surface area contributed by atoms with Gasteiger partial charge in [-0.05, 0) is 50.2 Å². The molecule has 1 atom stereocenters. The monoisotopic (exact) mass is 471 g/mol. The molecule has 0 radical (unpaired) electrons. The van der Waals surface area contributed by atoms with Crippen molar-refractivity contribution in [2.75, 3.05) is 10.9 Å². The molecule has 3 rings (SSSR count). The molecule has 5 N–H and O–H groups in total. The van der Waals surface area contributed by atoms with Crippen LogP contribution in [0.1, 0.15) is 18.9 Å². The summed E-state index contributed by atoms with van der Waals surface area (Å²) in [5.74, 6) is -1.34. The van der Waals surface area contributed by atoms with E-state index in [0.717, 1.165) is 15.7 Å². The van der Waals surface area contributed by atoms with Gasteiger partial charge in [-0.1, -0.05) is 33.6 Å². The van der Waals surface area contributed by atoms with Gasteiger partial charge in [0.05, 0.1) is 17.8 Å². The number of hydrogen-bond acceptors (Lipinski definition) is 6. The standard InChI is InChI=1S/C21H22BrN5O3/c1-12-3-7-15(8-4-12)25-24-13(2)19-20(29)17(23-21(19)30)11-18(28)27-26-16-9-5-14(22)6-10-16/h3-10,17,24-26H,11H2,1-2H3,(H,23,30)(H,27,28). The predicted molar refractivity (Wildman–Crippen MR) is 118 cm³/mol. The van der Waals surface area contributed by atoms with E-state index in [2.05, 4.69) is 42.9 Å². The minimum absolute atomic E-state index is 0.00767. The number of carbonyl (C=O) groups is 3. The normalized spacial score (nSPS) is 17.2. The number of allylic oxidation sites excluding steroid dienone is 1. The largest absolute Gasteiger partial charge is 0.341 e. The topological polar surface area (TPSA) is 111 Å². The minimum atomic E-state index is -0.907. The lowest BCUT2D eigenvalue weighted by atomic mass is 10.1. The Hall–Kier alpha value is -3.33. The van der Waals surface area contributed by atoms with Crippen molar-refractivity contribution in [2.45, 2.75) is 26.3 Å². The molecule has 0 bridgehead atoms. The molecule has 0 spiro atoms. The summed E-state index contributed by atoms with van der Waals surface area (Å²) >= 11 is 3.33. The number of aryl methyl sites for hydroxylation is 1. The van der Waals surface area contributed by atoms with Crippen LogP contribution in [0.5, 0.6) is 0 Å². The zero-order chi connectivity index (χ0) is 21.7. The van der Waals surface area contributed by atoms with Gasteiger partial charge in [0.25, 0.3) is 5.91 Å². The van der Waals surface area contributed by atoms with Gasteiger partial charge in [0, 0.05) is 10.2 Å². The van der Waals surface area contributed by atoms with E-state index in [4.69, 9.17) is 0 Å². The van der Waals surface area contributed by atoms with E-state index >= 15 is 0 Å². The fourth-order valence-corrected chi connectivity index (χ4v) is 3.12. The first-order chi connectivity index (χ1) is 14.3. The average Bonchev–Trinajstić information content (AvgIpc) is 3.00. The van der Waals surface area contributed by atoms with Gasteiger partial charge >= 0.3 is 0 Å². The summed E-state index contributed by atoms with van der Waals surface area (Å²) in [6, 6.07) is 13.9. The second kappa shape index (κ2) is 9.45. The third-order valence-electron chi connectivity index (χ3n) is 4.50. The Bertz CT molecular complexity index is 987. The number of anilines is 2. The van der Waals surface area contributed by atoms with Crippen LogP contribution >= 0.6 is 15.9 Å². The molecule has 1 fully saturated rings. The molecule has 0 aliphatic carbocycles. The fraction of sp³-hybridized carbons (Fsp3) is 0.190. The second-order valence-electron chi connectivity index (χ2n) is 6.89. The van der Waals surface area contributed by atoms with Crippen LogP contribution in [0.25, 0.3) is 0 Å². The molecule has 2 amide bonds. The Morgan fingerprint density at radius 1 is 0.967 bits per heavy atom. The van der Waals surface area contributed by atoms with Crippen molar-refractivity contribution in [2.24, 2.45) is 0 Å². The van der Waals surface area contributed by atoms with E-state index in [1.807, 2.05) is 43.3 Å². The molecule has 2 aromatic rings. The summed E-state index contributed by atoms with van der Waals surface area (Å²) in [7, 11) is 0. The fourth-order valence-electron chi connectivity index (χ4n) is 2.86. The third-order valence-corrected chi connectivity index (χ3v) is 5.02. The highest BCUT2D eigenvalue weighted by Gasteiger charge is 2.38. The van der Waals surface area contributed by atoms with Crippen LogP contribution < -0.4 is 27.0 Å². The molecule has 156 valence electrons. The van der Waals surface area contributed by atoms with Gasteiger partial charge in [-0.15, -0.1) is 0 Å². The van der Waals surface area contributed by atoms with Gasteiger partial charge in [-0.3, -0.25) is 25.2 Å². The molecule has 1 aliphatic heterocycles. The van der Waals surface area contributed by atoms with Gasteiger partial charge < -0.3 is 16.2 Å². The second-order valence-corrected chi connectivity index (χ2v) is 7.81. The van der Waals surface area contributed by atoms with E-state index in [-0.39, 0.29) is 12.0 Å². The maximum Gasteiger partial charge on any atom is 0.257 e. The Balaban J connectivity index is 1.56. The summed E-state index contributed by atoms with van der Waals surface area (Å²) < 4.78 is 0.916. The number of nitrogens with one attached hydrogen (secondary N) is 5. The summed E-state index contributed by atoms with van der Waals surface area (Å²) in [4.78, 5) is 37.1. The lowest BCUT2D eigenvalue weighted by molar-refractivity contribution is -0.124. The molecule has 1 unspecified atom stereocenters. The summed E-state index contributed by atoms with van der Waals surface area (Å²) in [5, 5.41) is 2.57. The number of halogens is 1. The maximum absolute atomic E-state index is 12.6. The van der Waals surface area contributed by atoms with Gasteiger partial charge in [0.15, 0.2) is 5.78 Å². The van der Waals surface area contributed by atoms with Crippen LogP contribution in [-0.2, 0) is 14.4 Å². The summed E-state index contributed by atoms with van der Waals surface area (Å²) in [6.07, 6.45) is -0.170. The highest BCUT2D eigenvalue weighted by atomic mass is 79.9. The van der Waals surface area contributed by atoms with Crippen molar-refractivity contribution in [3.05, 3.63) is 69.8 Å². The molecule has 0 saturated carbocycles. The number of hydrazine groups is 2. The molecule has 1 aliphatic rings. The Labute approximate surface area is 182 Å². The van der Waals surface area contributed by atoms with Crippen molar-refractivity contribution >= 4 is 44.9 Å². The predicted octanol–water partition coefficient (Wildman–Crippen LogP) is 2.55. The molecule has 8 nitrogen and oxygen atoms in total. The van der Waals surface area contributed by atoms with E-state index in [0.29, 0.717) is 11.4 Å². The van der Waals surface area contributed by atoms with Crippen LogP contribution in [0.3, 0.4) is 0 Å². The lowest BCUT2D eigenvalue weighted by Gasteiger charge is -2.12. The first kappa shape index (κ1) is 21.4. The highest BCUT2D eigenvalue weighted by molar-refractivity contribution is 9.10. The Morgan fingerprint density at radius 3 is 2.17 bits per heavy atom. The summed E-state index contributed by atoms with van der Waals surface area (Å²) in [6.45, 7) is 3.61.